The van der Waals surface area contributed by atoms with E-state index in [1.165, 1.54) is 4.31 Å². The van der Waals surface area contributed by atoms with E-state index in [9.17, 15) is 13.2 Å². The van der Waals surface area contributed by atoms with Crippen molar-refractivity contribution in [2.45, 2.75) is 26.2 Å². The van der Waals surface area contributed by atoms with Gasteiger partial charge in [0.25, 0.3) is 0 Å². The first-order valence-corrected chi connectivity index (χ1v) is 7.01. The van der Waals surface area contributed by atoms with Gasteiger partial charge in [0.2, 0.25) is 10.0 Å². The van der Waals surface area contributed by atoms with Crippen LogP contribution in [0.15, 0.2) is 0 Å². The molecule has 17 heavy (non-hydrogen) atoms. The Bertz CT molecular complexity index is 440. The minimum atomic E-state index is -3.42. The minimum absolute atomic E-state index is 0.0250. The summed E-state index contributed by atoms with van der Waals surface area (Å²) in [7, 11) is -3.42. The SMILES string of the molecule is CC1(C(=O)O)CCN(S(=O)(=O)CCCC#N)C1. The lowest BCUT2D eigenvalue weighted by atomic mass is 9.90. The maximum Gasteiger partial charge on any atom is 0.310 e. The number of carbonyl (C=O) groups is 1. The second kappa shape index (κ2) is 5.02. The molecule has 1 unspecified atom stereocenters. The van der Waals surface area contributed by atoms with Crippen LogP contribution in [0.2, 0.25) is 0 Å². The smallest absolute Gasteiger partial charge is 0.310 e. The Labute approximate surface area is 101 Å². The monoisotopic (exact) mass is 260 g/mol. The summed E-state index contributed by atoms with van der Waals surface area (Å²) in [5, 5.41) is 17.4. The molecule has 1 atom stereocenters. The van der Waals surface area contributed by atoms with Gasteiger partial charge in [0.15, 0.2) is 0 Å². The zero-order valence-corrected chi connectivity index (χ0v) is 10.5. The number of hydrogen-bond acceptors (Lipinski definition) is 4. The molecule has 0 radical (unpaired) electrons. The summed E-state index contributed by atoms with van der Waals surface area (Å²) >= 11 is 0. The van der Waals surface area contributed by atoms with Crippen LogP contribution in [0.5, 0.6) is 0 Å². The predicted octanol–water partition coefficient (Wildman–Crippen LogP) is 0.417. The van der Waals surface area contributed by atoms with E-state index >= 15 is 0 Å². The molecular weight excluding hydrogens is 244 g/mol. The molecular formula is C10H16N2O4S. The van der Waals surface area contributed by atoms with Gasteiger partial charge in [-0.1, -0.05) is 0 Å². The van der Waals surface area contributed by atoms with Crippen molar-refractivity contribution in [3.8, 4) is 6.07 Å². The van der Waals surface area contributed by atoms with Crippen molar-refractivity contribution in [3.63, 3.8) is 0 Å². The number of rotatable bonds is 5. The Hall–Kier alpha value is -1.13. The largest absolute Gasteiger partial charge is 0.481 e. The quantitative estimate of drug-likeness (QED) is 0.722. The third-order valence-electron chi connectivity index (χ3n) is 3.04. The summed E-state index contributed by atoms with van der Waals surface area (Å²) in [5.74, 6) is -1.05. The van der Waals surface area contributed by atoms with Crippen molar-refractivity contribution in [1.29, 1.82) is 5.26 Å². The van der Waals surface area contributed by atoms with E-state index in [0.29, 0.717) is 12.8 Å². The van der Waals surface area contributed by atoms with E-state index in [1.54, 1.807) is 6.92 Å². The summed E-state index contributed by atoms with van der Waals surface area (Å²) in [6.45, 7) is 1.83. The van der Waals surface area contributed by atoms with Crippen molar-refractivity contribution < 1.29 is 18.3 Å². The van der Waals surface area contributed by atoms with Gasteiger partial charge in [0.1, 0.15) is 0 Å². The van der Waals surface area contributed by atoms with Crippen LogP contribution in [0.1, 0.15) is 26.2 Å². The van der Waals surface area contributed by atoms with E-state index < -0.39 is 21.4 Å². The molecule has 0 aromatic heterocycles. The van der Waals surface area contributed by atoms with Gasteiger partial charge in [-0.05, 0) is 19.8 Å². The highest BCUT2D eigenvalue weighted by molar-refractivity contribution is 7.89. The van der Waals surface area contributed by atoms with Crippen molar-refractivity contribution in [1.82, 2.24) is 4.31 Å². The molecule has 7 heteroatoms. The molecule has 0 amide bonds. The summed E-state index contributed by atoms with van der Waals surface area (Å²) < 4.78 is 24.9. The molecule has 0 saturated carbocycles. The fraction of sp³-hybridized carbons (Fsp3) is 0.800. The van der Waals surface area contributed by atoms with Gasteiger partial charge in [-0.15, -0.1) is 0 Å². The molecule has 1 rings (SSSR count). The second-order valence-electron chi connectivity index (χ2n) is 4.53. The number of sulfonamides is 1. The molecule has 1 N–H and O–H groups in total. The van der Waals surface area contributed by atoms with Crippen molar-refractivity contribution in [3.05, 3.63) is 0 Å². The third kappa shape index (κ3) is 3.17. The van der Waals surface area contributed by atoms with Gasteiger partial charge in [-0.25, -0.2) is 12.7 Å². The van der Waals surface area contributed by atoms with Crippen LogP contribution in [0, 0.1) is 16.7 Å². The maximum atomic E-state index is 11.8. The van der Waals surface area contributed by atoms with Gasteiger partial charge in [-0.3, -0.25) is 4.79 Å². The zero-order chi connectivity index (χ0) is 13.1. The maximum absolute atomic E-state index is 11.8. The second-order valence-corrected chi connectivity index (χ2v) is 6.62. The molecule has 96 valence electrons. The highest BCUT2D eigenvalue weighted by atomic mass is 32.2. The van der Waals surface area contributed by atoms with E-state index in [2.05, 4.69) is 0 Å². The van der Waals surface area contributed by atoms with Crippen LogP contribution >= 0.6 is 0 Å². The van der Waals surface area contributed by atoms with E-state index in [4.69, 9.17) is 10.4 Å². The third-order valence-corrected chi connectivity index (χ3v) is 4.94. The Balaban J connectivity index is 2.65. The lowest BCUT2D eigenvalue weighted by Gasteiger charge is -2.19. The number of carboxylic acids is 1. The Kier molecular flexibility index (Phi) is 4.11. The molecule has 0 bridgehead atoms. The molecule has 1 fully saturated rings. The van der Waals surface area contributed by atoms with Gasteiger partial charge in [-0.2, -0.15) is 5.26 Å². The van der Waals surface area contributed by atoms with Crippen LogP contribution in [0.25, 0.3) is 0 Å². The number of nitriles is 1. The fourth-order valence-corrected chi connectivity index (χ4v) is 3.41. The van der Waals surface area contributed by atoms with Gasteiger partial charge >= 0.3 is 5.97 Å². The van der Waals surface area contributed by atoms with Crippen LogP contribution in [0.4, 0.5) is 0 Å². The number of aliphatic carboxylic acids is 1. The first-order chi connectivity index (χ1) is 7.82. The lowest BCUT2D eigenvalue weighted by molar-refractivity contribution is -0.146. The summed E-state index contributed by atoms with van der Waals surface area (Å²) in [6, 6.07) is 1.89. The first-order valence-electron chi connectivity index (χ1n) is 5.40. The highest BCUT2D eigenvalue weighted by Gasteiger charge is 2.44. The van der Waals surface area contributed by atoms with E-state index in [-0.39, 0.29) is 25.3 Å². The fourth-order valence-electron chi connectivity index (χ4n) is 1.79. The van der Waals surface area contributed by atoms with Gasteiger partial charge in [0.05, 0.1) is 17.2 Å². The van der Waals surface area contributed by atoms with Gasteiger partial charge < -0.3 is 5.11 Å². The summed E-state index contributed by atoms with van der Waals surface area (Å²) in [6.07, 6.45) is 0.822. The molecule has 0 spiro atoms. The molecule has 0 aliphatic carbocycles. The standard InChI is InChI=1S/C10H16N2O4S/c1-10(9(13)14)4-6-12(8-10)17(15,16)7-3-2-5-11/h2-4,6-8H2,1H3,(H,13,14). The number of hydrogen-bond donors (Lipinski definition) is 1. The summed E-state index contributed by atoms with van der Waals surface area (Å²) in [5.41, 5.74) is -0.984. The van der Waals surface area contributed by atoms with Gasteiger partial charge in [0, 0.05) is 19.5 Å². The molecule has 1 saturated heterocycles. The Morgan fingerprint density at radius 1 is 1.59 bits per heavy atom. The number of carboxylic acid groups (broad SMARTS) is 1. The number of unbranched alkanes of at least 4 members (excludes halogenated alkanes) is 1. The summed E-state index contributed by atoms with van der Waals surface area (Å²) in [4.78, 5) is 11.0. The topological polar surface area (TPSA) is 98.5 Å². The molecule has 1 aliphatic heterocycles. The van der Waals surface area contributed by atoms with Crippen molar-refractivity contribution in [2.75, 3.05) is 18.8 Å². The van der Waals surface area contributed by atoms with Crippen molar-refractivity contribution >= 4 is 16.0 Å². The molecule has 0 aromatic rings. The molecule has 6 nitrogen and oxygen atoms in total. The van der Waals surface area contributed by atoms with E-state index in [1.807, 2.05) is 6.07 Å². The van der Waals surface area contributed by atoms with Crippen LogP contribution in [0.3, 0.4) is 0 Å². The van der Waals surface area contributed by atoms with Crippen LogP contribution < -0.4 is 0 Å². The molecule has 0 aromatic carbocycles. The molecule has 1 aliphatic rings. The van der Waals surface area contributed by atoms with Crippen molar-refractivity contribution in [2.24, 2.45) is 5.41 Å². The highest BCUT2D eigenvalue weighted by Crippen LogP contribution is 2.31. The van der Waals surface area contributed by atoms with Crippen LogP contribution in [-0.2, 0) is 14.8 Å². The Morgan fingerprint density at radius 2 is 2.24 bits per heavy atom. The average molecular weight is 260 g/mol. The van der Waals surface area contributed by atoms with Crippen LogP contribution in [-0.4, -0.2) is 42.6 Å². The first kappa shape index (κ1) is 13.9. The molecule has 1 heterocycles. The number of nitrogens with zero attached hydrogens (tertiary/aromatic N) is 2. The minimum Gasteiger partial charge on any atom is -0.481 e. The predicted molar refractivity (Wildman–Crippen MR) is 60.6 cm³/mol. The lowest BCUT2D eigenvalue weighted by Crippen LogP contribution is -2.36. The zero-order valence-electron chi connectivity index (χ0n) is 9.72. The van der Waals surface area contributed by atoms with E-state index in [0.717, 1.165) is 0 Å². The average Bonchev–Trinajstić information content (AvgIpc) is 2.63. The normalized spacial score (nSPS) is 25.6. The Morgan fingerprint density at radius 3 is 2.71 bits per heavy atom.